The van der Waals surface area contributed by atoms with Crippen LogP contribution in [0.4, 0.5) is 5.95 Å². The van der Waals surface area contributed by atoms with Gasteiger partial charge in [0, 0.05) is 70.0 Å². The van der Waals surface area contributed by atoms with Gasteiger partial charge in [-0.3, -0.25) is 19.5 Å². The monoisotopic (exact) mass is 482 g/mol. The molecule has 1 aromatic heterocycles. The van der Waals surface area contributed by atoms with Crippen LogP contribution in [0.25, 0.3) is 0 Å². The average molecular weight is 483 g/mol. The molecular weight excluding hydrogens is 444 g/mol. The average Bonchev–Trinajstić information content (AvgIpc) is 2.88. The fraction of sp³-hybridized carbons (Fsp3) is 0.577. The van der Waals surface area contributed by atoms with Crippen molar-refractivity contribution in [1.82, 2.24) is 25.1 Å². The number of carbonyl (C=O) groups excluding carboxylic acids is 1. The van der Waals surface area contributed by atoms with E-state index in [1.165, 1.54) is 5.56 Å². The Labute approximate surface area is 207 Å². The molecule has 2 aromatic rings. The van der Waals surface area contributed by atoms with Gasteiger partial charge in [0.05, 0.1) is 13.2 Å². The van der Waals surface area contributed by atoms with Gasteiger partial charge in [0.25, 0.3) is 5.56 Å². The van der Waals surface area contributed by atoms with Crippen LogP contribution in [-0.2, 0) is 29.0 Å². The molecule has 2 saturated heterocycles. The van der Waals surface area contributed by atoms with Gasteiger partial charge >= 0.3 is 0 Å². The summed E-state index contributed by atoms with van der Waals surface area (Å²) in [7, 11) is 0. The minimum absolute atomic E-state index is 0.0626. The number of rotatable bonds is 9. The fourth-order valence-electron chi connectivity index (χ4n) is 4.72. The Morgan fingerprint density at radius 1 is 1.06 bits per heavy atom. The molecule has 4 rings (SSSR count). The topological polar surface area (TPSA) is 93.8 Å². The van der Waals surface area contributed by atoms with Gasteiger partial charge in [0.1, 0.15) is 0 Å². The number of H-pyrrole nitrogens is 1. The second-order valence-electron chi connectivity index (χ2n) is 9.31. The first-order valence-electron chi connectivity index (χ1n) is 12.7. The zero-order valence-electron chi connectivity index (χ0n) is 21.0. The summed E-state index contributed by atoms with van der Waals surface area (Å²) >= 11 is 0. The molecule has 9 nitrogen and oxygen atoms in total. The highest BCUT2D eigenvalue weighted by atomic mass is 16.5. The lowest BCUT2D eigenvalue weighted by Crippen LogP contribution is -2.45. The number of amides is 1. The van der Waals surface area contributed by atoms with Crippen LogP contribution < -0.4 is 15.8 Å². The van der Waals surface area contributed by atoms with Crippen LogP contribution in [0.1, 0.15) is 35.7 Å². The van der Waals surface area contributed by atoms with Crippen LogP contribution in [0.15, 0.2) is 29.1 Å². The quantitative estimate of drug-likeness (QED) is 0.557. The predicted octanol–water partition coefficient (Wildman–Crippen LogP) is 1.30. The normalized spacial score (nSPS) is 17.5. The Bertz CT molecular complexity index is 1040. The number of likely N-dealkylation sites (N-methyl/N-ethyl adjacent to an activating group) is 1. The molecule has 2 N–H and O–H groups in total. The molecule has 0 bridgehead atoms. The SMILES string of the molecule is CCN1CCN(Cc2ccccc2CNC(=O)CCc2c(C)nc(N3CCOCC3)[nH]c2=O)CC1. The Kier molecular flexibility index (Phi) is 8.90. The number of morpholine rings is 1. The summed E-state index contributed by atoms with van der Waals surface area (Å²) < 4.78 is 5.37. The van der Waals surface area contributed by atoms with E-state index in [1.54, 1.807) is 0 Å². The first-order valence-corrected chi connectivity index (χ1v) is 12.7. The summed E-state index contributed by atoms with van der Waals surface area (Å²) in [5.41, 5.74) is 3.48. The number of hydrogen-bond acceptors (Lipinski definition) is 7. The number of anilines is 1. The number of carbonyl (C=O) groups is 1. The van der Waals surface area contributed by atoms with Gasteiger partial charge in [-0.2, -0.15) is 0 Å². The van der Waals surface area contributed by atoms with Crippen molar-refractivity contribution in [2.24, 2.45) is 0 Å². The van der Waals surface area contributed by atoms with Crippen LogP contribution in [0.3, 0.4) is 0 Å². The minimum Gasteiger partial charge on any atom is -0.378 e. The summed E-state index contributed by atoms with van der Waals surface area (Å²) in [5, 5.41) is 3.04. The molecular formula is C26H38N6O3. The highest BCUT2D eigenvalue weighted by Crippen LogP contribution is 2.14. The van der Waals surface area contributed by atoms with E-state index < -0.39 is 0 Å². The third-order valence-electron chi connectivity index (χ3n) is 7.02. The Morgan fingerprint density at radius 3 is 2.43 bits per heavy atom. The summed E-state index contributed by atoms with van der Waals surface area (Å²) in [6, 6.07) is 8.31. The molecule has 1 aromatic carbocycles. The molecule has 0 radical (unpaired) electrons. The zero-order valence-corrected chi connectivity index (χ0v) is 21.0. The van der Waals surface area contributed by atoms with E-state index >= 15 is 0 Å². The Hall–Kier alpha value is -2.75. The first-order chi connectivity index (χ1) is 17.0. The van der Waals surface area contributed by atoms with Crippen molar-refractivity contribution in [2.45, 2.75) is 39.8 Å². The smallest absolute Gasteiger partial charge is 0.255 e. The van der Waals surface area contributed by atoms with E-state index in [4.69, 9.17) is 4.74 Å². The lowest BCUT2D eigenvalue weighted by molar-refractivity contribution is -0.121. The summed E-state index contributed by atoms with van der Waals surface area (Å²) in [5.74, 6) is 0.518. The number of aromatic nitrogens is 2. The molecule has 2 aliphatic rings. The molecule has 2 fully saturated rings. The molecule has 0 saturated carbocycles. The number of aryl methyl sites for hydroxylation is 1. The predicted molar refractivity (Wildman–Crippen MR) is 137 cm³/mol. The fourth-order valence-corrected chi connectivity index (χ4v) is 4.72. The van der Waals surface area contributed by atoms with Crippen molar-refractivity contribution >= 4 is 11.9 Å². The number of aromatic amines is 1. The standard InChI is InChI=1S/C26H38N6O3/c1-3-30-10-12-31(13-11-30)19-22-7-5-4-6-21(22)18-27-24(33)9-8-23-20(2)28-26(29-25(23)34)32-14-16-35-17-15-32/h4-7H,3,8-19H2,1-2H3,(H,27,33)(H,28,29,34). The highest BCUT2D eigenvalue weighted by Gasteiger charge is 2.18. The van der Waals surface area contributed by atoms with Crippen LogP contribution >= 0.6 is 0 Å². The van der Waals surface area contributed by atoms with Gasteiger partial charge in [0.15, 0.2) is 0 Å². The zero-order chi connectivity index (χ0) is 24.6. The summed E-state index contributed by atoms with van der Waals surface area (Å²) in [4.78, 5) is 39.7. The van der Waals surface area contributed by atoms with Gasteiger partial charge in [-0.05, 0) is 31.0 Å². The molecule has 0 atom stereocenters. The number of hydrogen-bond donors (Lipinski definition) is 2. The van der Waals surface area contributed by atoms with E-state index in [0.29, 0.717) is 56.5 Å². The second kappa shape index (κ2) is 12.3. The van der Waals surface area contributed by atoms with E-state index in [1.807, 2.05) is 17.9 Å². The summed E-state index contributed by atoms with van der Waals surface area (Å²) in [6.07, 6.45) is 0.621. The van der Waals surface area contributed by atoms with E-state index in [2.05, 4.69) is 50.2 Å². The lowest BCUT2D eigenvalue weighted by Gasteiger charge is -2.34. The van der Waals surface area contributed by atoms with E-state index in [-0.39, 0.29) is 17.9 Å². The van der Waals surface area contributed by atoms with Crippen molar-refractivity contribution in [3.63, 3.8) is 0 Å². The third kappa shape index (κ3) is 6.90. The van der Waals surface area contributed by atoms with Crippen molar-refractivity contribution in [1.29, 1.82) is 0 Å². The molecule has 190 valence electrons. The van der Waals surface area contributed by atoms with Gasteiger partial charge in [-0.25, -0.2) is 4.98 Å². The Balaban J connectivity index is 1.29. The van der Waals surface area contributed by atoms with Crippen LogP contribution in [0.2, 0.25) is 0 Å². The molecule has 35 heavy (non-hydrogen) atoms. The largest absolute Gasteiger partial charge is 0.378 e. The maximum absolute atomic E-state index is 12.7. The number of ether oxygens (including phenoxy) is 1. The third-order valence-corrected chi connectivity index (χ3v) is 7.02. The van der Waals surface area contributed by atoms with Crippen molar-refractivity contribution in [3.05, 3.63) is 57.0 Å². The van der Waals surface area contributed by atoms with E-state index in [9.17, 15) is 9.59 Å². The highest BCUT2D eigenvalue weighted by molar-refractivity contribution is 5.76. The number of benzene rings is 1. The second-order valence-corrected chi connectivity index (χ2v) is 9.31. The molecule has 1 amide bonds. The van der Waals surface area contributed by atoms with Gasteiger partial charge < -0.3 is 19.9 Å². The van der Waals surface area contributed by atoms with Crippen LogP contribution in [0.5, 0.6) is 0 Å². The maximum Gasteiger partial charge on any atom is 0.255 e. The molecule has 2 aliphatic heterocycles. The molecule has 9 heteroatoms. The van der Waals surface area contributed by atoms with Crippen molar-refractivity contribution in [2.75, 3.05) is 63.9 Å². The molecule has 0 spiro atoms. The van der Waals surface area contributed by atoms with E-state index in [0.717, 1.165) is 44.8 Å². The molecule has 0 aliphatic carbocycles. The van der Waals surface area contributed by atoms with Crippen molar-refractivity contribution in [3.8, 4) is 0 Å². The number of piperazine rings is 1. The summed E-state index contributed by atoms with van der Waals surface area (Å²) in [6.45, 7) is 13.6. The van der Waals surface area contributed by atoms with Gasteiger partial charge in [0.2, 0.25) is 11.9 Å². The number of nitrogens with one attached hydrogen (secondary N) is 2. The maximum atomic E-state index is 12.7. The van der Waals surface area contributed by atoms with Gasteiger partial charge in [-0.1, -0.05) is 31.2 Å². The van der Waals surface area contributed by atoms with Crippen molar-refractivity contribution < 1.29 is 9.53 Å². The lowest BCUT2D eigenvalue weighted by atomic mass is 10.1. The molecule has 0 unspecified atom stereocenters. The first kappa shape index (κ1) is 25.3. The van der Waals surface area contributed by atoms with Crippen LogP contribution in [-0.4, -0.2) is 84.7 Å². The Morgan fingerprint density at radius 2 is 1.74 bits per heavy atom. The van der Waals surface area contributed by atoms with Gasteiger partial charge in [-0.15, -0.1) is 0 Å². The minimum atomic E-state index is -0.166. The number of nitrogens with zero attached hydrogens (tertiary/aromatic N) is 4. The van der Waals surface area contributed by atoms with Crippen LogP contribution in [0, 0.1) is 6.92 Å². The molecule has 3 heterocycles.